The van der Waals surface area contributed by atoms with E-state index in [4.69, 9.17) is 9.72 Å². The molecular weight excluding hydrogens is 384 g/mol. The van der Waals surface area contributed by atoms with E-state index in [9.17, 15) is 4.79 Å². The zero-order valence-electron chi connectivity index (χ0n) is 16.9. The molecule has 0 aliphatic carbocycles. The van der Waals surface area contributed by atoms with Gasteiger partial charge in [0.25, 0.3) is 5.91 Å². The van der Waals surface area contributed by atoms with E-state index in [1.165, 1.54) is 14.6 Å². The molecular formula is C22H28N4O2S+2. The van der Waals surface area contributed by atoms with E-state index in [0.717, 1.165) is 49.7 Å². The normalized spacial score (nSPS) is 20.3. The lowest BCUT2D eigenvalue weighted by molar-refractivity contribution is -1.02. The second-order valence-corrected chi connectivity index (χ2v) is 8.72. The monoisotopic (exact) mass is 412 g/mol. The van der Waals surface area contributed by atoms with E-state index < -0.39 is 0 Å². The summed E-state index contributed by atoms with van der Waals surface area (Å²) in [6.45, 7) is 7.09. The third-order valence-electron chi connectivity index (χ3n) is 5.68. The van der Waals surface area contributed by atoms with Crippen molar-refractivity contribution >= 4 is 33.1 Å². The zero-order valence-corrected chi connectivity index (χ0v) is 17.7. The Morgan fingerprint density at radius 3 is 2.72 bits per heavy atom. The Morgan fingerprint density at radius 2 is 1.97 bits per heavy atom. The number of amides is 1. The number of hydrogen-bond donors (Lipinski definition) is 3. The van der Waals surface area contributed by atoms with Gasteiger partial charge in [0, 0.05) is 11.8 Å². The minimum Gasteiger partial charge on any atom is -0.497 e. The number of rotatable bonds is 6. The van der Waals surface area contributed by atoms with Gasteiger partial charge < -0.3 is 19.9 Å². The topological polar surface area (TPSA) is 60.1 Å². The first-order chi connectivity index (χ1) is 14.1. The highest BCUT2D eigenvalue weighted by atomic mass is 32.1. The maximum Gasteiger partial charge on any atom is 0.282 e. The second-order valence-electron chi connectivity index (χ2n) is 7.60. The van der Waals surface area contributed by atoms with Crippen LogP contribution in [0.3, 0.4) is 0 Å². The van der Waals surface area contributed by atoms with Gasteiger partial charge in [-0.25, -0.2) is 4.98 Å². The van der Waals surface area contributed by atoms with E-state index in [-0.39, 0.29) is 11.9 Å². The van der Waals surface area contributed by atoms with Gasteiger partial charge in [0.2, 0.25) is 0 Å². The molecule has 1 atom stereocenters. The molecule has 1 aromatic heterocycles. The van der Waals surface area contributed by atoms with Gasteiger partial charge in [0.05, 0.1) is 17.3 Å². The van der Waals surface area contributed by atoms with Crippen LogP contribution in [0.2, 0.25) is 0 Å². The Kier molecular flexibility index (Phi) is 6.08. The molecule has 0 spiro atoms. The van der Waals surface area contributed by atoms with Crippen molar-refractivity contribution in [2.45, 2.75) is 19.5 Å². The Morgan fingerprint density at radius 1 is 1.17 bits per heavy atom. The molecule has 6 nitrogen and oxygen atoms in total. The van der Waals surface area contributed by atoms with Crippen molar-refractivity contribution in [3.05, 3.63) is 53.5 Å². The van der Waals surface area contributed by atoms with Crippen LogP contribution in [-0.4, -0.2) is 50.2 Å². The van der Waals surface area contributed by atoms with Crippen LogP contribution < -0.4 is 19.9 Å². The summed E-state index contributed by atoms with van der Waals surface area (Å²) in [5, 5.41) is 4.23. The fourth-order valence-corrected chi connectivity index (χ4v) is 4.92. The number of thiazole rings is 1. The molecule has 0 bridgehead atoms. The van der Waals surface area contributed by atoms with Crippen molar-refractivity contribution in [1.29, 1.82) is 0 Å². The summed E-state index contributed by atoms with van der Waals surface area (Å²) in [5.74, 6) is 0.803. The van der Waals surface area contributed by atoms with Crippen molar-refractivity contribution in [3.8, 4) is 5.75 Å². The SMILES string of the molecule is COc1cccc(NC(=O)[C@H](C)[NH+]2CC[NH+](Cc3nc4ccccc4s3)CC2)c1. The van der Waals surface area contributed by atoms with Crippen LogP contribution in [0.1, 0.15) is 11.9 Å². The van der Waals surface area contributed by atoms with E-state index in [0.29, 0.717) is 0 Å². The Bertz CT molecular complexity index is 949. The van der Waals surface area contributed by atoms with Crippen LogP contribution in [0.25, 0.3) is 10.2 Å². The number of anilines is 1. The summed E-state index contributed by atoms with van der Waals surface area (Å²) in [6.07, 6.45) is 0. The quantitative estimate of drug-likeness (QED) is 0.556. The maximum absolute atomic E-state index is 12.7. The number of nitrogens with zero attached hydrogens (tertiary/aromatic N) is 1. The molecule has 3 N–H and O–H groups in total. The number of aromatic nitrogens is 1. The van der Waals surface area contributed by atoms with Gasteiger partial charge in [0.1, 0.15) is 43.5 Å². The van der Waals surface area contributed by atoms with Gasteiger partial charge in [-0.2, -0.15) is 0 Å². The summed E-state index contributed by atoms with van der Waals surface area (Å²) in [7, 11) is 1.63. The third kappa shape index (κ3) is 4.75. The van der Waals surface area contributed by atoms with Gasteiger partial charge in [-0.1, -0.05) is 18.2 Å². The summed E-state index contributed by atoms with van der Waals surface area (Å²) in [4.78, 5) is 20.4. The number of piperazine rings is 1. The standard InChI is InChI=1S/C22H26N4O2S/c1-16(22(27)23-17-6-5-7-18(14-17)28-2)26-12-10-25(11-13-26)15-21-24-19-8-3-4-9-20(19)29-21/h3-9,14,16H,10-13,15H2,1-2H3,(H,23,27)/p+2/t16-/m0/s1. The first kappa shape index (κ1) is 19.8. The molecule has 1 fully saturated rings. The third-order valence-corrected chi connectivity index (χ3v) is 6.72. The average molecular weight is 413 g/mol. The molecule has 1 amide bonds. The van der Waals surface area contributed by atoms with Crippen LogP contribution in [0, 0.1) is 0 Å². The molecule has 4 rings (SSSR count). The van der Waals surface area contributed by atoms with E-state index in [2.05, 4.69) is 23.5 Å². The first-order valence-electron chi connectivity index (χ1n) is 10.1. The van der Waals surface area contributed by atoms with E-state index in [1.807, 2.05) is 37.3 Å². The number of carbonyl (C=O) groups is 1. The summed E-state index contributed by atoms with van der Waals surface area (Å²) in [5.41, 5.74) is 1.87. The van der Waals surface area contributed by atoms with Crippen molar-refractivity contribution in [3.63, 3.8) is 0 Å². The van der Waals surface area contributed by atoms with Crippen LogP contribution in [-0.2, 0) is 11.3 Å². The Balaban J connectivity index is 1.29. The Labute approximate surface area is 175 Å². The van der Waals surface area contributed by atoms with Gasteiger partial charge in [0.15, 0.2) is 6.04 Å². The lowest BCUT2D eigenvalue weighted by atomic mass is 10.2. The summed E-state index contributed by atoms with van der Waals surface area (Å²) in [6, 6.07) is 15.7. The molecule has 7 heteroatoms. The fraction of sp³-hybridized carbons (Fsp3) is 0.364. The van der Waals surface area contributed by atoms with Crippen LogP contribution in [0.5, 0.6) is 5.75 Å². The predicted octanol–water partition coefficient (Wildman–Crippen LogP) is 0.616. The van der Waals surface area contributed by atoms with Crippen molar-refractivity contribution in [1.82, 2.24) is 4.98 Å². The van der Waals surface area contributed by atoms with Gasteiger partial charge in [-0.15, -0.1) is 11.3 Å². The largest absolute Gasteiger partial charge is 0.497 e. The van der Waals surface area contributed by atoms with Crippen molar-refractivity contribution in [2.75, 3.05) is 38.6 Å². The van der Waals surface area contributed by atoms with E-state index in [1.54, 1.807) is 23.3 Å². The molecule has 1 aliphatic rings. The number of fused-ring (bicyclic) bond motifs is 1. The molecule has 29 heavy (non-hydrogen) atoms. The molecule has 152 valence electrons. The molecule has 3 aromatic rings. The summed E-state index contributed by atoms with van der Waals surface area (Å²) < 4.78 is 6.49. The number of carbonyl (C=O) groups excluding carboxylic acids is 1. The molecule has 0 unspecified atom stereocenters. The molecule has 0 saturated carbocycles. The number of hydrogen-bond acceptors (Lipinski definition) is 4. The highest BCUT2D eigenvalue weighted by Gasteiger charge is 2.31. The smallest absolute Gasteiger partial charge is 0.282 e. The lowest BCUT2D eigenvalue weighted by Gasteiger charge is -2.32. The Hall–Kier alpha value is -2.48. The van der Waals surface area contributed by atoms with Crippen molar-refractivity contribution in [2.24, 2.45) is 0 Å². The molecule has 1 aliphatic heterocycles. The van der Waals surface area contributed by atoms with Crippen LogP contribution >= 0.6 is 11.3 Å². The fourth-order valence-electron chi connectivity index (χ4n) is 3.88. The number of ether oxygens (including phenoxy) is 1. The first-order valence-corrected chi connectivity index (χ1v) is 10.9. The zero-order chi connectivity index (χ0) is 20.2. The van der Waals surface area contributed by atoms with Crippen LogP contribution in [0.15, 0.2) is 48.5 Å². The molecule has 0 radical (unpaired) electrons. The average Bonchev–Trinajstić information content (AvgIpc) is 3.16. The highest BCUT2D eigenvalue weighted by Crippen LogP contribution is 2.20. The highest BCUT2D eigenvalue weighted by molar-refractivity contribution is 7.18. The van der Waals surface area contributed by atoms with Gasteiger partial charge >= 0.3 is 0 Å². The number of para-hydroxylation sites is 1. The maximum atomic E-state index is 12.7. The van der Waals surface area contributed by atoms with Gasteiger partial charge in [-0.05, 0) is 31.2 Å². The second kappa shape index (κ2) is 8.90. The molecule has 2 heterocycles. The predicted molar refractivity (Wildman–Crippen MR) is 116 cm³/mol. The minimum atomic E-state index is -0.0785. The minimum absolute atomic E-state index is 0.0582. The van der Waals surface area contributed by atoms with Crippen molar-refractivity contribution < 1.29 is 19.3 Å². The summed E-state index contributed by atoms with van der Waals surface area (Å²) >= 11 is 1.79. The molecule has 2 aromatic carbocycles. The van der Waals surface area contributed by atoms with Gasteiger partial charge in [-0.3, -0.25) is 4.79 Å². The van der Waals surface area contributed by atoms with Crippen LogP contribution in [0.4, 0.5) is 5.69 Å². The number of quaternary nitrogens is 2. The lowest BCUT2D eigenvalue weighted by Crippen LogP contribution is -3.29. The van der Waals surface area contributed by atoms with E-state index >= 15 is 0 Å². The number of benzene rings is 2. The number of methoxy groups -OCH3 is 1. The number of nitrogens with one attached hydrogen (secondary N) is 3. The molecule has 1 saturated heterocycles.